The van der Waals surface area contributed by atoms with Crippen molar-refractivity contribution in [1.29, 1.82) is 0 Å². The number of carbonyl (C=O) groups is 1. The molecule has 0 aromatic carbocycles. The predicted molar refractivity (Wildman–Crippen MR) is 55.2 cm³/mol. The Kier molecular flexibility index (Phi) is 2.93. The summed E-state index contributed by atoms with van der Waals surface area (Å²) in [5, 5.41) is 8.89. The molecule has 76 valence electrons. The highest BCUT2D eigenvalue weighted by Crippen LogP contribution is 2.29. The second kappa shape index (κ2) is 4.37. The molecule has 0 atom stereocenters. The van der Waals surface area contributed by atoms with E-state index in [1.54, 1.807) is 12.1 Å². The maximum Gasteiger partial charge on any atom is 0.355 e. The molecule has 1 N–H and O–H groups in total. The largest absolute Gasteiger partial charge is 0.476 e. The first-order valence-corrected chi connectivity index (χ1v) is 5.49. The van der Waals surface area contributed by atoms with Crippen molar-refractivity contribution in [2.24, 2.45) is 0 Å². The second-order valence-electron chi connectivity index (χ2n) is 2.46. The van der Waals surface area contributed by atoms with Crippen LogP contribution in [-0.2, 0) is 0 Å². The number of rotatable bonds is 3. The summed E-state index contributed by atoms with van der Waals surface area (Å²) in [7, 11) is 0. The fourth-order valence-electron chi connectivity index (χ4n) is 0.936. The second-order valence-corrected chi connectivity index (χ2v) is 4.53. The summed E-state index contributed by atoms with van der Waals surface area (Å²) in [4.78, 5) is 19.2. The lowest BCUT2D eigenvalue weighted by atomic mass is 10.3. The standard InChI is InChI=1S/C8H5N3O2S2/c12-7(13)6-5(2-1-3-9-6)14-8-10-4-11-15-8/h1-4H,(H,12,13). The number of nitrogens with zero attached hydrogens (tertiary/aromatic N) is 3. The summed E-state index contributed by atoms with van der Waals surface area (Å²) in [6, 6.07) is 3.39. The van der Waals surface area contributed by atoms with Gasteiger partial charge in [0.2, 0.25) is 0 Å². The van der Waals surface area contributed by atoms with Crippen molar-refractivity contribution in [3.8, 4) is 0 Å². The Bertz CT molecular complexity index is 472. The van der Waals surface area contributed by atoms with Crippen LogP contribution in [0.4, 0.5) is 0 Å². The minimum Gasteiger partial charge on any atom is -0.476 e. The number of carboxylic acid groups (broad SMARTS) is 1. The van der Waals surface area contributed by atoms with Crippen molar-refractivity contribution in [3.05, 3.63) is 30.4 Å². The summed E-state index contributed by atoms with van der Waals surface area (Å²) in [6.45, 7) is 0. The Morgan fingerprint density at radius 1 is 1.47 bits per heavy atom. The molecule has 0 aliphatic heterocycles. The lowest BCUT2D eigenvalue weighted by Gasteiger charge is -2.00. The van der Waals surface area contributed by atoms with E-state index in [2.05, 4.69) is 14.3 Å². The molecule has 15 heavy (non-hydrogen) atoms. The van der Waals surface area contributed by atoms with Crippen LogP contribution in [-0.4, -0.2) is 25.4 Å². The summed E-state index contributed by atoms with van der Waals surface area (Å²) in [6.07, 6.45) is 2.89. The van der Waals surface area contributed by atoms with Gasteiger partial charge in [-0.3, -0.25) is 0 Å². The molecule has 0 fully saturated rings. The summed E-state index contributed by atoms with van der Waals surface area (Å²) in [5.41, 5.74) is 0.0395. The topological polar surface area (TPSA) is 76.0 Å². The van der Waals surface area contributed by atoms with Gasteiger partial charge in [-0.05, 0) is 23.7 Å². The van der Waals surface area contributed by atoms with Crippen molar-refractivity contribution in [1.82, 2.24) is 14.3 Å². The molecular weight excluding hydrogens is 234 g/mol. The van der Waals surface area contributed by atoms with E-state index in [1.165, 1.54) is 35.8 Å². The molecule has 2 heterocycles. The fourth-order valence-corrected chi connectivity index (χ4v) is 2.43. The number of hydrogen-bond donors (Lipinski definition) is 1. The van der Waals surface area contributed by atoms with Crippen molar-refractivity contribution in [3.63, 3.8) is 0 Å². The zero-order chi connectivity index (χ0) is 10.7. The average molecular weight is 239 g/mol. The van der Waals surface area contributed by atoms with Crippen LogP contribution in [0.1, 0.15) is 10.5 Å². The first-order chi connectivity index (χ1) is 7.27. The zero-order valence-electron chi connectivity index (χ0n) is 7.32. The van der Waals surface area contributed by atoms with Crippen LogP contribution in [0.15, 0.2) is 33.9 Å². The first kappa shape index (κ1) is 10.1. The molecule has 0 aliphatic carbocycles. The molecule has 0 spiro atoms. The van der Waals surface area contributed by atoms with Crippen molar-refractivity contribution in [2.45, 2.75) is 9.24 Å². The molecule has 0 saturated heterocycles. The van der Waals surface area contributed by atoms with Crippen LogP contribution in [0.2, 0.25) is 0 Å². The highest BCUT2D eigenvalue weighted by atomic mass is 32.2. The molecule has 0 radical (unpaired) electrons. The molecule has 7 heteroatoms. The number of aromatic nitrogens is 3. The Morgan fingerprint density at radius 2 is 2.33 bits per heavy atom. The van der Waals surface area contributed by atoms with E-state index in [0.29, 0.717) is 9.24 Å². The van der Waals surface area contributed by atoms with Crippen LogP contribution in [0.25, 0.3) is 0 Å². The van der Waals surface area contributed by atoms with Crippen molar-refractivity contribution in [2.75, 3.05) is 0 Å². The monoisotopic (exact) mass is 239 g/mol. The molecule has 2 aromatic rings. The van der Waals surface area contributed by atoms with Gasteiger partial charge in [0.15, 0.2) is 10.0 Å². The molecular formula is C8H5N3O2S2. The van der Waals surface area contributed by atoms with Gasteiger partial charge < -0.3 is 5.11 Å². The molecule has 0 amide bonds. The van der Waals surface area contributed by atoms with E-state index in [-0.39, 0.29) is 5.69 Å². The van der Waals surface area contributed by atoms with Gasteiger partial charge in [0.1, 0.15) is 6.33 Å². The lowest BCUT2D eigenvalue weighted by Crippen LogP contribution is -2.01. The lowest BCUT2D eigenvalue weighted by molar-refractivity contribution is 0.0686. The van der Waals surface area contributed by atoms with Gasteiger partial charge in [0.05, 0.1) is 0 Å². The van der Waals surface area contributed by atoms with E-state index in [0.717, 1.165) is 0 Å². The smallest absolute Gasteiger partial charge is 0.355 e. The molecule has 0 bridgehead atoms. The van der Waals surface area contributed by atoms with Crippen LogP contribution in [0, 0.1) is 0 Å². The third kappa shape index (κ3) is 2.31. The Balaban J connectivity index is 2.32. The van der Waals surface area contributed by atoms with Gasteiger partial charge >= 0.3 is 5.97 Å². The van der Waals surface area contributed by atoms with Gasteiger partial charge in [-0.1, -0.05) is 11.8 Å². The summed E-state index contributed by atoms with van der Waals surface area (Å²) in [5.74, 6) is -1.04. The van der Waals surface area contributed by atoms with Gasteiger partial charge in [0, 0.05) is 11.1 Å². The normalized spacial score (nSPS) is 10.1. The predicted octanol–water partition coefficient (Wildman–Crippen LogP) is 1.78. The highest BCUT2D eigenvalue weighted by Gasteiger charge is 2.12. The van der Waals surface area contributed by atoms with E-state index in [4.69, 9.17) is 5.11 Å². The summed E-state index contributed by atoms with van der Waals surface area (Å²) < 4.78 is 4.53. The number of aromatic carboxylic acids is 1. The number of pyridine rings is 1. The molecule has 2 rings (SSSR count). The van der Waals surface area contributed by atoms with E-state index in [1.807, 2.05) is 0 Å². The van der Waals surface area contributed by atoms with Gasteiger partial charge in [-0.15, -0.1) is 0 Å². The van der Waals surface area contributed by atoms with Crippen LogP contribution >= 0.6 is 23.3 Å². The van der Waals surface area contributed by atoms with Crippen LogP contribution in [0.3, 0.4) is 0 Å². The van der Waals surface area contributed by atoms with Crippen LogP contribution < -0.4 is 0 Å². The maximum absolute atomic E-state index is 10.8. The number of hydrogen-bond acceptors (Lipinski definition) is 6. The Morgan fingerprint density at radius 3 is 3.00 bits per heavy atom. The minimum atomic E-state index is -1.04. The zero-order valence-corrected chi connectivity index (χ0v) is 8.96. The van der Waals surface area contributed by atoms with E-state index >= 15 is 0 Å². The Labute approximate surface area is 93.4 Å². The van der Waals surface area contributed by atoms with E-state index in [9.17, 15) is 4.79 Å². The van der Waals surface area contributed by atoms with Crippen LogP contribution in [0.5, 0.6) is 0 Å². The van der Waals surface area contributed by atoms with Gasteiger partial charge in [-0.2, -0.15) is 4.37 Å². The van der Waals surface area contributed by atoms with Crippen molar-refractivity contribution < 1.29 is 9.90 Å². The third-order valence-electron chi connectivity index (χ3n) is 1.51. The van der Waals surface area contributed by atoms with Gasteiger partial charge in [0.25, 0.3) is 0 Å². The quantitative estimate of drug-likeness (QED) is 0.879. The Hall–Kier alpha value is -1.47. The summed E-state index contributed by atoms with van der Waals surface area (Å²) >= 11 is 2.47. The minimum absolute atomic E-state index is 0.0395. The third-order valence-corrected chi connectivity index (χ3v) is 3.28. The van der Waals surface area contributed by atoms with Crippen molar-refractivity contribution >= 4 is 29.3 Å². The first-order valence-electron chi connectivity index (χ1n) is 3.90. The van der Waals surface area contributed by atoms with Gasteiger partial charge in [-0.25, -0.2) is 14.8 Å². The fraction of sp³-hybridized carbons (Fsp3) is 0. The molecule has 0 saturated carbocycles. The molecule has 2 aromatic heterocycles. The highest BCUT2D eigenvalue weighted by molar-refractivity contribution is 8.01. The average Bonchev–Trinajstić information content (AvgIpc) is 2.71. The SMILES string of the molecule is O=C(O)c1ncccc1Sc1ncns1. The molecule has 5 nitrogen and oxygen atoms in total. The maximum atomic E-state index is 10.8. The number of carboxylic acids is 1. The van der Waals surface area contributed by atoms with E-state index < -0.39 is 5.97 Å². The molecule has 0 aliphatic rings. The molecule has 0 unspecified atom stereocenters.